The third-order valence-electron chi connectivity index (χ3n) is 1.19. The van der Waals surface area contributed by atoms with E-state index in [1.165, 1.54) is 6.07 Å². The molecular weight excluding hydrogens is 213 g/mol. The van der Waals surface area contributed by atoms with Crippen molar-refractivity contribution in [3.63, 3.8) is 0 Å². The number of nitrogens with zero attached hydrogens (tertiary/aromatic N) is 1. The maximum absolute atomic E-state index is 12.5. The monoisotopic (exact) mass is 215 g/mol. The maximum atomic E-state index is 12.5. The molecule has 1 N–H and O–H groups in total. The van der Waals surface area contributed by atoms with E-state index in [0.29, 0.717) is 0 Å². The van der Waals surface area contributed by atoms with Crippen LogP contribution in [0.25, 0.3) is 0 Å². The Bertz CT molecular complexity index is 332. The summed E-state index contributed by atoms with van der Waals surface area (Å²) in [5.74, 6) is -1.26. The number of phenols is 1. The Morgan fingerprint density at radius 1 is 1.55 bits per heavy atom. The first-order valence-corrected chi connectivity index (χ1v) is 3.53. The molecule has 0 aliphatic heterocycles. The number of rotatable bonds is 0. The van der Waals surface area contributed by atoms with E-state index in [9.17, 15) is 4.39 Å². The molecule has 0 atom stereocenters. The van der Waals surface area contributed by atoms with E-state index in [0.717, 1.165) is 6.07 Å². The van der Waals surface area contributed by atoms with Gasteiger partial charge in [0.25, 0.3) is 0 Å². The molecule has 0 amide bonds. The maximum Gasteiger partial charge on any atom is 0.167 e. The highest BCUT2D eigenvalue weighted by Crippen LogP contribution is 2.29. The van der Waals surface area contributed by atoms with Gasteiger partial charge in [-0.2, -0.15) is 5.26 Å². The molecule has 56 valence electrons. The lowest BCUT2D eigenvalue weighted by Crippen LogP contribution is -1.82. The molecule has 0 saturated carbocycles. The van der Waals surface area contributed by atoms with Crippen LogP contribution in [0.15, 0.2) is 16.6 Å². The first-order chi connectivity index (χ1) is 5.16. The second-order valence-electron chi connectivity index (χ2n) is 1.87. The number of hydrogen-bond acceptors (Lipinski definition) is 2. The van der Waals surface area contributed by atoms with Crippen molar-refractivity contribution < 1.29 is 9.50 Å². The molecule has 0 saturated heterocycles. The average molecular weight is 216 g/mol. The number of halogens is 2. The fourth-order valence-electron chi connectivity index (χ4n) is 0.627. The van der Waals surface area contributed by atoms with Gasteiger partial charge in [0.2, 0.25) is 0 Å². The first kappa shape index (κ1) is 8.02. The number of nitriles is 1. The second-order valence-corrected chi connectivity index (χ2v) is 2.66. The van der Waals surface area contributed by atoms with Crippen molar-refractivity contribution in [3.05, 3.63) is 28.0 Å². The largest absolute Gasteiger partial charge is 0.504 e. The summed E-state index contributed by atoms with van der Waals surface area (Å²) in [6, 6.07) is 4.12. The van der Waals surface area contributed by atoms with Crippen LogP contribution in [-0.2, 0) is 0 Å². The second kappa shape index (κ2) is 2.89. The fraction of sp³-hybridized carbons (Fsp3) is 0. The molecule has 2 nitrogen and oxygen atoms in total. The van der Waals surface area contributed by atoms with Gasteiger partial charge in [-0.15, -0.1) is 0 Å². The highest BCUT2D eigenvalue weighted by Gasteiger charge is 2.08. The quantitative estimate of drug-likeness (QED) is 0.722. The summed E-state index contributed by atoms with van der Waals surface area (Å²) in [6.07, 6.45) is 0. The Hall–Kier alpha value is -1.08. The van der Waals surface area contributed by atoms with Gasteiger partial charge >= 0.3 is 0 Å². The average Bonchev–Trinajstić information content (AvgIpc) is 2.01. The molecule has 11 heavy (non-hydrogen) atoms. The highest BCUT2D eigenvalue weighted by atomic mass is 79.9. The van der Waals surface area contributed by atoms with Gasteiger partial charge in [-0.3, -0.25) is 0 Å². The number of phenolic OH excluding ortho intramolecular Hbond substituents is 1. The minimum atomic E-state index is -0.740. The van der Waals surface area contributed by atoms with Gasteiger partial charge in [0.05, 0.1) is 10.0 Å². The molecule has 4 heteroatoms. The topological polar surface area (TPSA) is 44.0 Å². The highest BCUT2D eigenvalue weighted by molar-refractivity contribution is 9.10. The third kappa shape index (κ3) is 1.33. The van der Waals surface area contributed by atoms with E-state index in [-0.39, 0.29) is 10.0 Å². The molecule has 0 radical (unpaired) electrons. The summed E-state index contributed by atoms with van der Waals surface area (Å²) < 4.78 is 12.6. The van der Waals surface area contributed by atoms with Crippen molar-refractivity contribution in [2.75, 3.05) is 0 Å². The molecule has 0 spiro atoms. The summed E-state index contributed by atoms with van der Waals surface area (Å²) in [6.45, 7) is 0. The zero-order valence-electron chi connectivity index (χ0n) is 5.31. The lowest BCUT2D eigenvalue weighted by atomic mass is 10.2. The van der Waals surface area contributed by atoms with E-state index in [4.69, 9.17) is 10.4 Å². The van der Waals surface area contributed by atoms with Crippen LogP contribution < -0.4 is 0 Å². The van der Waals surface area contributed by atoms with E-state index >= 15 is 0 Å². The van der Waals surface area contributed by atoms with Crippen molar-refractivity contribution in [1.82, 2.24) is 0 Å². The molecule has 0 aliphatic carbocycles. The van der Waals surface area contributed by atoms with Crippen LogP contribution in [0.2, 0.25) is 0 Å². The normalized spacial score (nSPS) is 9.18. The predicted molar refractivity (Wildman–Crippen MR) is 40.5 cm³/mol. The van der Waals surface area contributed by atoms with Gasteiger partial charge in [-0.1, -0.05) is 0 Å². The summed E-state index contributed by atoms with van der Waals surface area (Å²) in [5, 5.41) is 17.4. The number of hydrogen-bond donors (Lipinski definition) is 1. The van der Waals surface area contributed by atoms with Gasteiger partial charge in [0, 0.05) is 0 Å². The number of aromatic hydroxyl groups is 1. The van der Waals surface area contributed by atoms with Crippen molar-refractivity contribution in [1.29, 1.82) is 5.26 Å². The van der Waals surface area contributed by atoms with Gasteiger partial charge in [-0.05, 0) is 28.1 Å². The van der Waals surface area contributed by atoms with Crippen LogP contribution in [0.1, 0.15) is 5.56 Å². The minimum absolute atomic E-state index is 0.0972. The Balaban J connectivity index is 3.40. The van der Waals surface area contributed by atoms with Crippen molar-refractivity contribution >= 4 is 15.9 Å². The molecule has 0 unspecified atom stereocenters. The van der Waals surface area contributed by atoms with Gasteiger partial charge in [0.1, 0.15) is 6.07 Å². The molecule has 0 fully saturated rings. The molecule has 0 heterocycles. The molecule has 0 bridgehead atoms. The predicted octanol–water partition coefficient (Wildman–Crippen LogP) is 2.17. The Morgan fingerprint density at radius 2 is 2.18 bits per heavy atom. The lowest BCUT2D eigenvalue weighted by molar-refractivity contribution is 0.429. The van der Waals surface area contributed by atoms with Gasteiger partial charge < -0.3 is 5.11 Å². The van der Waals surface area contributed by atoms with Gasteiger partial charge in [0.15, 0.2) is 11.6 Å². The lowest BCUT2D eigenvalue weighted by Gasteiger charge is -1.98. The van der Waals surface area contributed by atoms with Crippen molar-refractivity contribution in [3.8, 4) is 11.8 Å². The Labute approximate surface area is 71.0 Å². The smallest absolute Gasteiger partial charge is 0.167 e. The van der Waals surface area contributed by atoms with E-state index in [2.05, 4.69) is 15.9 Å². The zero-order chi connectivity index (χ0) is 8.43. The Morgan fingerprint density at radius 3 is 2.73 bits per heavy atom. The molecule has 0 aromatic heterocycles. The molecule has 1 rings (SSSR count). The van der Waals surface area contributed by atoms with Crippen LogP contribution >= 0.6 is 15.9 Å². The van der Waals surface area contributed by atoms with Crippen LogP contribution in [0.5, 0.6) is 5.75 Å². The van der Waals surface area contributed by atoms with Crippen molar-refractivity contribution in [2.45, 2.75) is 0 Å². The van der Waals surface area contributed by atoms with E-state index in [1.807, 2.05) is 0 Å². The van der Waals surface area contributed by atoms with Crippen LogP contribution in [0.4, 0.5) is 4.39 Å². The molecule has 1 aromatic rings. The Kier molecular flexibility index (Phi) is 2.11. The summed E-state index contributed by atoms with van der Waals surface area (Å²) in [5.41, 5.74) is 0.212. The summed E-state index contributed by atoms with van der Waals surface area (Å²) in [4.78, 5) is 0. The SMILES string of the molecule is N#Cc1ccc(F)c(O)c1Br. The van der Waals surface area contributed by atoms with Crippen LogP contribution in [-0.4, -0.2) is 5.11 Å². The number of benzene rings is 1. The van der Waals surface area contributed by atoms with Crippen LogP contribution in [0.3, 0.4) is 0 Å². The molecule has 1 aromatic carbocycles. The zero-order valence-corrected chi connectivity index (χ0v) is 6.89. The van der Waals surface area contributed by atoms with Crippen LogP contribution in [0, 0.1) is 17.1 Å². The standard InChI is InChI=1S/C7H3BrFNO/c8-6-4(3-10)1-2-5(9)7(6)11/h1-2,11H. The fourth-order valence-corrected chi connectivity index (χ4v) is 1.04. The van der Waals surface area contributed by atoms with Crippen molar-refractivity contribution in [2.24, 2.45) is 0 Å². The van der Waals surface area contributed by atoms with Gasteiger partial charge in [-0.25, -0.2) is 4.39 Å². The molecule has 0 aliphatic rings. The van der Waals surface area contributed by atoms with E-state index in [1.54, 1.807) is 6.07 Å². The minimum Gasteiger partial charge on any atom is -0.504 e. The summed E-state index contributed by atoms with van der Waals surface area (Å²) in [7, 11) is 0. The third-order valence-corrected chi connectivity index (χ3v) is 1.99. The summed E-state index contributed by atoms with van der Waals surface area (Å²) >= 11 is 2.88. The molecular formula is C7H3BrFNO. The first-order valence-electron chi connectivity index (χ1n) is 2.74. The van der Waals surface area contributed by atoms with E-state index < -0.39 is 11.6 Å².